The summed E-state index contributed by atoms with van der Waals surface area (Å²) in [4.78, 5) is 19.6. The quantitative estimate of drug-likeness (QED) is 0.620. The van der Waals surface area contributed by atoms with E-state index >= 15 is 0 Å². The summed E-state index contributed by atoms with van der Waals surface area (Å²) in [6.45, 7) is -0.0503. The molecule has 10 heteroatoms. The summed E-state index contributed by atoms with van der Waals surface area (Å²) in [5.41, 5.74) is 4.49. The van der Waals surface area contributed by atoms with Crippen molar-refractivity contribution in [3.05, 3.63) is 22.7 Å². The van der Waals surface area contributed by atoms with Gasteiger partial charge in [0.25, 0.3) is 0 Å². The molecule has 1 saturated heterocycles. The molecule has 0 bridgehead atoms. The Hall–Kier alpha value is -1.17. The maximum absolute atomic E-state index is 11.6. The van der Waals surface area contributed by atoms with E-state index < -0.39 is 17.4 Å². The molecule has 4 N–H and O–H groups in total. The molecule has 0 amide bonds. The highest BCUT2D eigenvalue weighted by Gasteiger charge is 2.28. The van der Waals surface area contributed by atoms with Gasteiger partial charge in [-0.2, -0.15) is 4.98 Å². The Morgan fingerprint density at radius 2 is 2.50 bits per heavy atom. The highest BCUT2D eigenvalue weighted by molar-refractivity contribution is 8.00. The number of thioether (sulfide) groups is 1. The molecule has 1 aromatic heterocycles. The summed E-state index contributed by atoms with van der Waals surface area (Å²) in [5, 5.41) is 16.4. The van der Waals surface area contributed by atoms with Crippen molar-refractivity contribution in [1.82, 2.24) is 14.9 Å². The maximum Gasteiger partial charge on any atom is 0.351 e. The number of hydrogen-bond donors (Lipinski definition) is 3. The molecule has 100 valence electrons. The fraction of sp³-hybridized carbons (Fsp3) is 0.500. The lowest BCUT2D eigenvalue weighted by atomic mass is 10.5. The lowest BCUT2D eigenvalue weighted by Gasteiger charge is -2.15. The molecule has 9 nitrogen and oxygen atoms in total. The van der Waals surface area contributed by atoms with Crippen LogP contribution in [0.15, 0.2) is 17.1 Å². The van der Waals surface area contributed by atoms with Crippen LogP contribution in [0.4, 0.5) is 5.82 Å². The zero-order chi connectivity index (χ0) is 13.1. The predicted octanol–water partition coefficient (Wildman–Crippen LogP) is -0.574. The molecule has 0 radical (unpaired) electrons. The van der Waals surface area contributed by atoms with Crippen LogP contribution < -0.4 is 11.4 Å². The van der Waals surface area contributed by atoms with Crippen LogP contribution in [-0.4, -0.2) is 43.2 Å². The van der Waals surface area contributed by atoms with Gasteiger partial charge in [0.1, 0.15) is 24.1 Å². The Kier molecular flexibility index (Phi) is 4.16. The Balaban J connectivity index is 1.98. The number of rotatable bonds is 4. The highest BCUT2D eigenvalue weighted by atomic mass is 32.2. The van der Waals surface area contributed by atoms with Gasteiger partial charge >= 0.3 is 5.69 Å². The lowest BCUT2D eigenvalue weighted by molar-refractivity contribution is -0.494. The van der Waals surface area contributed by atoms with Crippen LogP contribution in [-0.2, 0) is 9.57 Å². The van der Waals surface area contributed by atoms with Gasteiger partial charge in [-0.3, -0.25) is 15.0 Å². The Morgan fingerprint density at radius 1 is 1.72 bits per heavy atom. The van der Waals surface area contributed by atoms with Crippen LogP contribution >= 0.6 is 11.8 Å². The second-order valence-electron chi connectivity index (χ2n) is 3.44. The average Bonchev–Trinajstić information content (AvgIpc) is 2.75. The van der Waals surface area contributed by atoms with Crippen LogP contribution in [0, 0.1) is 0 Å². The summed E-state index contributed by atoms with van der Waals surface area (Å²) in [6, 6.07) is 1.50. The van der Waals surface area contributed by atoms with E-state index in [0.717, 1.165) is 0 Å². The fourth-order valence-electron chi connectivity index (χ4n) is 1.45. The van der Waals surface area contributed by atoms with Crippen molar-refractivity contribution in [2.45, 2.75) is 11.7 Å². The highest BCUT2D eigenvalue weighted by Crippen LogP contribution is 2.30. The Labute approximate surface area is 106 Å². The molecule has 1 aromatic rings. The second kappa shape index (κ2) is 5.65. The van der Waals surface area contributed by atoms with Crippen molar-refractivity contribution in [1.29, 1.82) is 0 Å². The van der Waals surface area contributed by atoms with Gasteiger partial charge in [0.05, 0.1) is 5.39 Å². The minimum Gasteiger partial charge on any atom is -0.383 e. The third-order valence-corrected chi connectivity index (χ3v) is 3.32. The first-order chi connectivity index (χ1) is 8.56. The van der Waals surface area contributed by atoms with E-state index in [4.69, 9.17) is 20.9 Å². The molecule has 0 spiro atoms. The van der Waals surface area contributed by atoms with E-state index in [1.807, 2.05) is 0 Å². The van der Waals surface area contributed by atoms with Crippen LogP contribution in [0.2, 0.25) is 0 Å². The molecule has 2 rings (SSSR count). The molecule has 18 heavy (non-hydrogen) atoms. The number of nitrogens with two attached hydrogens (primary N) is 1. The number of nitrogens with zero attached hydrogens (tertiary/aromatic N) is 3. The van der Waals surface area contributed by atoms with E-state index in [1.165, 1.54) is 28.6 Å². The lowest BCUT2D eigenvalue weighted by Crippen LogP contribution is -2.29. The Bertz CT molecular complexity index is 467. The molecule has 0 aliphatic carbocycles. The molecule has 1 aliphatic heterocycles. The van der Waals surface area contributed by atoms with Crippen molar-refractivity contribution in [3.8, 4) is 0 Å². The molecule has 0 saturated carbocycles. The third-order valence-electron chi connectivity index (χ3n) is 2.22. The SMILES string of the molecule is Nc1ccn([C@H]2CS[C@@H](CON(O)O)O2)c(=O)n1. The second-order valence-corrected chi connectivity index (χ2v) is 4.64. The molecule has 1 aliphatic rings. The van der Waals surface area contributed by atoms with Gasteiger partial charge in [-0.25, -0.2) is 9.63 Å². The van der Waals surface area contributed by atoms with Gasteiger partial charge < -0.3 is 10.5 Å². The van der Waals surface area contributed by atoms with E-state index in [9.17, 15) is 4.79 Å². The van der Waals surface area contributed by atoms with Gasteiger partial charge in [-0.15, -0.1) is 11.8 Å². The van der Waals surface area contributed by atoms with Crippen molar-refractivity contribution in [2.24, 2.45) is 0 Å². The molecule has 2 heterocycles. The van der Waals surface area contributed by atoms with Gasteiger partial charge in [0.15, 0.2) is 0 Å². The first-order valence-electron chi connectivity index (χ1n) is 4.99. The standard InChI is InChI=1S/C8H12N4O5S/c9-5-1-2-11(8(13)10-5)6-4-18-7(17-6)3-16-12(14)15/h1-2,6-7,14-15H,3-4H2,(H2,9,10,13)/t6-,7+/m1/s1. The number of aromatic nitrogens is 2. The van der Waals surface area contributed by atoms with Crippen molar-refractivity contribution < 1.29 is 20.0 Å². The van der Waals surface area contributed by atoms with E-state index in [2.05, 4.69) is 9.82 Å². The molecule has 0 aromatic carbocycles. The zero-order valence-corrected chi connectivity index (χ0v) is 9.99. The average molecular weight is 276 g/mol. The van der Waals surface area contributed by atoms with E-state index in [1.54, 1.807) is 0 Å². The first kappa shape index (κ1) is 13.3. The van der Waals surface area contributed by atoms with Gasteiger partial charge in [0.2, 0.25) is 0 Å². The summed E-state index contributed by atoms with van der Waals surface area (Å²) >= 11 is 1.39. The minimum atomic E-state index is -0.492. The summed E-state index contributed by atoms with van der Waals surface area (Å²) < 4.78 is 6.81. The topological polar surface area (TPSA) is 123 Å². The maximum atomic E-state index is 11.6. The van der Waals surface area contributed by atoms with Crippen molar-refractivity contribution >= 4 is 17.6 Å². The van der Waals surface area contributed by atoms with E-state index in [0.29, 0.717) is 5.75 Å². The Morgan fingerprint density at radius 3 is 3.17 bits per heavy atom. The summed E-state index contributed by atoms with van der Waals surface area (Å²) in [6.07, 6.45) is 1.03. The normalized spacial score (nSPS) is 23.7. The van der Waals surface area contributed by atoms with Crippen molar-refractivity contribution in [2.75, 3.05) is 18.1 Å². The van der Waals surface area contributed by atoms with Crippen LogP contribution in [0.5, 0.6) is 0 Å². The number of ether oxygens (including phenoxy) is 1. The molecule has 1 fully saturated rings. The number of nitrogen functional groups attached to an aromatic ring is 1. The number of hydrogen-bond acceptors (Lipinski definition) is 9. The number of anilines is 1. The van der Waals surface area contributed by atoms with Crippen LogP contribution in [0.1, 0.15) is 6.23 Å². The third kappa shape index (κ3) is 3.19. The fourth-order valence-corrected chi connectivity index (χ4v) is 2.43. The molecular formula is C8H12N4O5S. The smallest absolute Gasteiger partial charge is 0.351 e. The van der Waals surface area contributed by atoms with Gasteiger partial charge in [-0.05, 0) is 6.07 Å². The largest absolute Gasteiger partial charge is 0.383 e. The van der Waals surface area contributed by atoms with E-state index in [-0.39, 0.29) is 17.8 Å². The zero-order valence-electron chi connectivity index (χ0n) is 9.17. The minimum absolute atomic E-state index is 0.0503. The van der Waals surface area contributed by atoms with Crippen molar-refractivity contribution in [3.63, 3.8) is 0 Å². The van der Waals surface area contributed by atoms with Gasteiger partial charge in [-0.1, -0.05) is 0 Å². The summed E-state index contributed by atoms with van der Waals surface area (Å²) in [5.74, 6) is 0.675. The molecule has 2 atom stereocenters. The molecular weight excluding hydrogens is 264 g/mol. The predicted molar refractivity (Wildman–Crippen MR) is 60.6 cm³/mol. The van der Waals surface area contributed by atoms with Crippen LogP contribution in [0.3, 0.4) is 0 Å². The van der Waals surface area contributed by atoms with Gasteiger partial charge in [0, 0.05) is 11.9 Å². The van der Waals surface area contributed by atoms with Crippen LogP contribution in [0.25, 0.3) is 0 Å². The first-order valence-corrected chi connectivity index (χ1v) is 6.03. The molecule has 0 unspecified atom stereocenters. The summed E-state index contributed by atoms with van der Waals surface area (Å²) in [7, 11) is 0. The monoisotopic (exact) mass is 276 g/mol.